The second kappa shape index (κ2) is 9.79. The van der Waals surface area contributed by atoms with Crippen LogP contribution in [0.25, 0.3) is 0 Å². The Morgan fingerprint density at radius 2 is 1.96 bits per heavy atom. The maximum atomic E-state index is 6.07. The lowest BCUT2D eigenvalue weighted by Crippen LogP contribution is -2.40. The number of anilines is 1. The van der Waals surface area contributed by atoms with Crippen LogP contribution in [0, 0.1) is 13.8 Å². The second-order valence-corrected chi connectivity index (χ2v) is 7.47. The Bertz CT molecular complexity index is 712. The average molecular weight is 401 g/mol. The zero-order valence-corrected chi connectivity index (χ0v) is 16.8. The molecule has 0 unspecified atom stereocenters. The van der Waals surface area contributed by atoms with Gasteiger partial charge in [0.15, 0.2) is 5.96 Å². The molecule has 0 aliphatic heterocycles. The van der Waals surface area contributed by atoms with Crippen molar-refractivity contribution < 1.29 is 0 Å². The number of hydrogen-bond acceptors (Lipinski definition) is 5. The molecule has 3 N–H and O–H groups in total. The van der Waals surface area contributed by atoms with Crippen molar-refractivity contribution in [3.8, 4) is 0 Å². The Morgan fingerprint density at radius 3 is 2.60 bits per heavy atom. The molecule has 0 aromatic carbocycles. The van der Waals surface area contributed by atoms with Crippen molar-refractivity contribution in [3.63, 3.8) is 0 Å². The van der Waals surface area contributed by atoms with E-state index in [0.29, 0.717) is 29.0 Å². The lowest BCUT2D eigenvalue weighted by molar-refractivity contribution is 0.793. The standard InChI is InChI=1S/C16H22Cl2N6S/c1-10-11(2)25-14(24-10)4-5-21-16(19-3)22-7-6-20-15-13(18)8-12(17)9-23-15/h8-9H,4-7H2,1-3H3,(H,20,23)(H2,19,21,22). The van der Waals surface area contributed by atoms with Gasteiger partial charge in [0, 0.05) is 44.2 Å². The predicted octanol–water partition coefficient (Wildman–Crippen LogP) is 3.28. The van der Waals surface area contributed by atoms with Gasteiger partial charge in [-0.15, -0.1) is 11.3 Å². The van der Waals surface area contributed by atoms with Crippen LogP contribution in [0.1, 0.15) is 15.6 Å². The molecule has 6 nitrogen and oxygen atoms in total. The van der Waals surface area contributed by atoms with Crippen molar-refractivity contribution >= 4 is 46.3 Å². The summed E-state index contributed by atoms with van der Waals surface area (Å²) < 4.78 is 0. The maximum Gasteiger partial charge on any atom is 0.191 e. The van der Waals surface area contributed by atoms with Crippen molar-refractivity contribution in [3.05, 3.63) is 37.9 Å². The van der Waals surface area contributed by atoms with Crippen LogP contribution < -0.4 is 16.0 Å². The fraction of sp³-hybridized carbons (Fsp3) is 0.438. The molecule has 9 heteroatoms. The summed E-state index contributed by atoms with van der Waals surface area (Å²) in [4.78, 5) is 14.2. The third-order valence-electron chi connectivity index (χ3n) is 3.45. The number of aliphatic imine (C=N–C) groups is 1. The van der Waals surface area contributed by atoms with Crippen LogP contribution in [0.3, 0.4) is 0 Å². The van der Waals surface area contributed by atoms with Gasteiger partial charge in [-0.2, -0.15) is 0 Å². The van der Waals surface area contributed by atoms with Gasteiger partial charge in [0.25, 0.3) is 0 Å². The highest BCUT2D eigenvalue weighted by atomic mass is 35.5. The van der Waals surface area contributed by atoms with Crippen LogP contribution in [0.5, 0.6) is 0 Å². The molecule has 2 rings (SSSR count). The first kappa shape index (κ1) is 19.8. The number of halogens is 2. The van der Waals surface area contributed by atoms with Gasteiger partial charge >= 0.3 is 0 Å². The number of pyridine rings is 1. The molecule has 2 aromatic heterocycles. The molecule has 0 spiro atoms. The largest absolute Gasteiger partial charge is 0.367 e. The van der Waals surface area contributed by atoms with Crippen molar-refractivity contribution in [1.82, 2.24) is 20.6 Å². The molecule has 0 fully saturated rings. The summed E-state index contributed by atoms with van der Waals surface area (Å²) in [6.45, 7) is 6.25. The van der Waals surface area contributed by atoms with E-state index in [2.05, 4.69) is 37.8 Å². The Labute approximate surface area is 162 Å². The zero-order valence-electron chi connectivity index (χ0n) is 14.5. The average Bonchev–Trinajstić information content (AvgIpc) is 2.89. The highest BCUT2D eigenvalue weighted by Crippen LogP contribution is 2.22. The number of nitrogens with zero attached hydrogens (tertiary/aromatic N) is 3. The summed E-state index contributed by atoms with van der Waals surface area (Å²) in [6, 6.07) is 1.66. The number of thiazole rings is 1. The molecule has 0 saturated carbocycles. The van der Waals surface area contributed by atoms with Crippen molar-refractivity contribution in [2.24, 2.45) is 4.99 Å². The van der Waals surface area contributed by atoms with Crippen LogP contribution in [-0.2, 0) is 6.42 Å². The minimum atomic E-state index is 0.504. The van der Waals surface area contributed by atoms with Crippen LogP contribution in [0.4, 0.5) is 5.82 Å². The maximum absolute atomic E-state index is 6.07. The Morgan fingerprint density at radius 1 is 1.20 bits per heavy atom. The molecule has 25 heavy (non-hydrogen) atoms. The van der Waals surface area contributed by atoms with Crippen LogP contribution >= 0.6 is 34.5 Å². The summed E-state index contributed by atoms with van der Waals surface area (Å²) >= 11 is 13.6. The Balaban J connectivity index is 1.68. The number of rotatable bonds is 7. The summed E-state index contributed by atoms with van der Waals surface area (Å²) in [6.07, 6.45) is 2.44. The summed E-state index contributed by atoms with van der Waals surface area (Å²) in [5.74, 6) is 1.37. The van der Waals surface area contributed by atoms with E-state index in [1.54, 1.807) is 30.6 Å². The van der Waals surface area contributed by atoms with Gasteiger partial charge in [0.1, 0.15) is 5.82 Å². The van der Waals surface area contributed by atoms with E-state index in [1.165, 1.54) is 4.88 Å². The van der Waals surface area contributed by atoms with E-state index in [4.69, 9.17) is 23.2 Å². The number of guanidine groups is 1. The highest BCUT2D eigenvalue weighted by Gasteiger charge is 2.05. The van der Waals surface area contributed by atoms with E-state index in [0.717, 1.165) is 29.6 Å². The summed E-state index contributed by atoms with van der Waals surface area (Å²) in [7, 11) is 1.75. The van der Waals surface area contributed by atoms with Gasteiger partial charge in [0.2, 0.25) is 0 Å². The van der Waals surface area contributed by atoms with Gasteiger partial charge in [-0.25, -0.2) is 9.97 Å². The molecule has 0 aliphatic carbocycles. The van der Waals surface area contributed by atoms with Gasteiger partial charge in [0.05, 0.1) is 20.7 Å². The minimum Gasteiger partial charge on any atom is -0.367 e. The molecule has 2 aromatic rings. The quantitative estimate of drug-likeness (QED) is 0.377. The number of hydrogen-bond donors (Lipinski definition) is 3. The molecule has 0 saturated heterocycles. The molecule has 136 valence electrons. The normalized spacial score (nSPS) is 11.5. The summed E-state index contributed by atoms with van der Waals surface area (Å²) in [5.41, 5.74) is 1.11. The second-order valence-electron chi connectivity index (χ2n) is 5.34. The molecular weight excluding hydrogens is 379 g/mol. The smallest absolute Gasteiger partial charge is 0.191 e. The fourth-order valence-corrected chi connectivity index (χ4v) is 3.44. The lowest BCUT2D eigenvalue weighted by atomic mass is 10.4. The Hall–Kier alpha value is -1.57. The van der Waals surface area contributed by atoms with E-state index in [9.17, 15) is 0 Å². The van der Waals surface area contributed by atoms with Crippen LogP contribution in [-0.4, -0.2) is 42.6 Å². The molecular formula is C16H22Cl2N6S. The topological polar surface area (TPSA) is 74.2 Å². The Kier molecular flexibility index (Phi) is 7.74. The molecule has 0 atom stereocenters. The predicted molar refractivity (Wildman–Crippen MR) is 107 cm³/mol. The molecule has 0 amide bonds. The van der Waals surface area contributed by atoms with E-state index in [1.807, 2.05) is 6.92 Å². The SMILES string of the molecule is CN=C(NCCNc1ncc(Cl)cc1Cl)NCCc1nc(C)c(C)s1. The minimum absolute atomic E-state index is 0.504. The van der Waals surface area contributed by atoms with Gasteiger partial charge < -0.3 is 16.0 Å². The van der Waals surface area contributed by atoms with Gasteiger partial charge in [-0.3, -0.25) is 4.99 Å². The van der Waals surface area contributed by atoms with E-state index in [-0.39, 0.29) is 0 Å². The summed E-state index contributed by atoms with van der Waals surface area (Å²) in [5, 5.41) is 11.8. The van der Waals surface area contributed by atoms with E-state index >= 15 is 0 Å². The first-order valence-electron chi connectivity index (χ1n) is 7.92. The first-order chi connectivity index (χ1) is 12.0. The van der Waals surface area contributed by atoms with E-state index < -0.39 is 0 Å². The molecule has 0 radical (unpaired) electrons. The number of aromatic nitrogens is 2. The zero-order chi connectivity index (χ0) is 18.2. The number of nitrogens with one attached hydrogen (secondary N) is 3. The van der Waals surface area contributed by atoms with Gasteiger partial charge in [-0.05, 0) is 19.9 Å². The van der Waals surface area contributed by atoms with Crippen molar-refractivity contribution in [2.45, 2.75) is 20.3 Å². The molecule has 0 aliphatic rings. The molecule has 0 bridgehead atoms. The van der Waals surface area contributed by atoms with Crippen LogP contribution in [0.15, 0.2) is 17.3 Å². The van der Waals surface area contributed by atoms with Crippen molar-refractivity contribution in [1.29, 1.82) is 0 Å². The fourth-order valence-electron chi connectivity index (χ4n) is 2.06. The third-order valence-corrected chi connectivity index (χ3v) is 5.07. The monoisotopic (exact) mass is 400 g/mol. The van der Waals surface area contributed by atoms with Crippen molar-refractivity contribution in [2.75, 3.05) is 32.0 Å². The highest BCUT2D eigenvalue weighted by molar-refractivity contribution is 7.11. The van der Waals surface area contributed by atoms with Crippen LogP contribution in [0.2, 0.25) is 10.0 Å². The third kappa shape index (κ3) is 6.34. The molecule has 2 heterocycles. The lowest BCUT2D eigenvalue weighted by Gasteiger charge is -2.12. The van der Waals surface area contributed by atoms with Gasteiger partial charge in [-0.1, -0.05) is 23.2 Å². The first-order valence-corrected chi connectivity index (χ1v) is 9.49. The number of aryl methyl sites for hydroxylation is 2.